The Morgan fingerprint density at radius 1 is 0.923 bits per heavy atom. The highest BCUT2D eigenvalue weighted by molar-refractivity contribution is 6.12. The van der Waals surface area contributed by atoms with Crippen LogP contribution in [0.2, 0.25) is 0 Å². The summed E-state index contributed by atoms with van der Waals surface area (Å²) in [6, 6.07) is -0.575. The molecule has 0 aliphatic carbocycles. The normalized spacial score (nSPS) is 36.2. The predicted octanol–water partition coefficient (Wildman–Crippen LogP) is 1.57. The maximum atomic E-state index is 14.1. The predicted molar refractivity (Wildman–Crippen MR) is 143 cm³/mol. The quantitative estimate of drug-likeness (QED) is 0.343. The summed E-state index contributed by atoms with van der Waals surface area (Å²) in [6.07, 6.45) is 1.88. The monoisotopic (exact) mass is 538 g/mol. The van der Waals surface area contributed by atoms with Crippen molar-refractivity contribution in [2.75, 3.05) is 0 Å². The number of nitrogens with one attached hydrogen (secondary N) is 2. The Hall–Kier alpha value is -3.24. The molecule has 3 saturated heterocycles. The average molecular weight is 539 g/mol. The van der Waals surface area contributed by atoms with Crippen LogP contribution in [-0.4, -0.2) is 79.8 Å². The zero-order valence-corrected chi connectivity index (χ0v) is 23.8. The smallest absolute Gasteiger partial charge is 0.249 e. The zero-order valence-electron chi connectivity index (χ0n) is 23.8. The number of ether oxygens (including phenoxy) is 1. The Balaban J connectivity index is 1.62. The van der Waals surface area contributed by atoms with E-state index in [0.717, 1.165) is 11.1 Å². The lowest BCUT2D eigenvalue weighted by Gasteiger charge is -2.35. The van der Waals surface area contributed by atoms with Gasteiger partial charge < -0.3 is 30.3 Å². The molecule has 0 radical (unpaired) electrons. The first kappa shape index (κ1) is 27.3. The molecule has 210 valence electrons. The summed E-state index contributed by atoms with van der Waals surface area (Å²) >= 11 is 0. The van der Waals surface area contributed by atoms with Gasteiger partial charge in [0.2, 0.25) is 11.8 Å². The first-order valence-electron chi connectivity index (χ1n) is 13.5. The molecule has 5 aliphatic rings. The van der Waals surface area contributed by atoms with Crippen LogP contribution in [0.3, 0.4) is 0 Å². The third-order valence-corrected chi connectivity index (χ3v) is 8.79. The fraction of sp³-hybridized carbons (Fsp3) is 0.586. The third-order valence-electron chi connectivity index (χ3n) is 8.79. The van der Waals surface area contributed by atoms with E-state index in [9.17, 15) is 24.3 Å². The van der Waals surface area contributed by atoms with Gasteiger partial charge in [-0.1, -0.05) is 11.1 Å². The number of ketones is 2. The van der Waals surface area contributed by atoms with Crippen LogP contribution in [0.15, 0.2) is 46.1 Å². The Labute approximate surface area is 228 Å². The molecule has 0 bridgehead atoms. The van der Waals surface area contributed by atoms with E-state index < -0.39 is 29.1 Å². The minimum absolute atomic E-state index is 0.0718. The fourth-order valence-electron chi connectivity index (χ4n) is 7.02. The highest BCUT2D eigenvalue weighted by atomic mass is 16.6. The van der Waals surface area contributed by atoms with Crippen LogP contribution < -0.4 is 10.6 Å². The molecule has 5 heterocycles. The number of hydrogen-bond acceptors (Lipinski definition) is 8. The average Bonchev–Trinajstić information content (AvgIpc) is 3.45. The number of rotatable bonds is 6. The van der Waals surface area contributed by atoms with E-state index in [1.54, 1.807) is 25.7 Å². The van der Waals surface area contributed by atoms with Gasteiger partial charge in [-0.15, -0.1) is 0 Å². The Bertz CT molecular complexity index is 1320. The lowest BCUT2D eigenvalue weighted by molar-refractivity contribution is -0.125. The van der Waals surface area contributed by atoms with E-state index in [2.05, 4.69) is 10.6 Å². The molecule has 3 N–H and O–H groups in total. The number of fused-ring (bicyclic) bond motifs is 4. The third kappa shape index (κ3) is 3.90. The summed E-state index contributed by atoms with van der Waals surface area (Å²) < 4.78 is 5.83. The van der Waals surface area contributed by atoms with E-state index in [1.807, 2.05) is 39.5 Å². The van der Waals surface area contributed by atoms with Crippen molar-refractivity contribution in [1.82, 2.24) is 20.4 Å². The number of hydrogen-bond donors (Lipinski definition) is 3. The van der Waals surface area contributed by atoms with E-state index in [0.29, 0.717) is 17.2 Å². The van der Waals surface area contributed by atoms with Crippen molar-refractivity contribution in [2.45, 2.75) is 110 Å². The van der Waals surface area contributed by atoms with Crippen LogP contribution in [0.25, 0.3) is 0 Å². The number of epoxide rings is 1. The first-order valence-corrected chi connectivity index (χ1v) is 13.5. The molecule has 0 saturated carbocycles. The SMILES string of the molecule is CC(C)=CC(=O)NC1=C(CC2=C(NC(=O)C=C(C)C)N3[C@@H](C)[C@H]4O[C@H]4[C@@]3(C)C2=O)C(=O)[C@]2(C)C[C@H](O)[C@H](C)N12. The number of aliphatic hydroxyl groups excluding tert-OH is 1. The van der Waals surface area contributed by atoms with Crippen molar-refractivity contribution in [1.29, 1.82) is 0 Å². The maximum absolute atomic E-state index is 14.1. The van der Waals surface area contributed by atoms with Crippen molar-refractivity contribution >= 4 is 23.4 Å². The number of amides is 2. The van der Waals surface area contributed by atoms with Crippen molar-refractivity contribution in [2.24, 2.45) is 0 Å². The number of Topliss-reactive ketones (excluding diaryl/α,β-unsaturated/α-hetero) is 2. The Morgan fingerprint density at radius 2 is 1.44 bits per heavy atom. The summed E-state index contributed by atoms with van der Waals surface area (Å²) in [7, 11) is 0. The van der Waals surface area contributed by atoms with Crippen molar-refractivity contribution < 1.29 is 29.0 Å². The molecule has 5 rings (SSSR count). The van der Waals surface area contributed by atoms with Gasteiger partial charge in [0.25, 0.3) is 0 Å². The van der Waals surface area contributed by atoms with Crippen LogP contribution in [0.5, 0.6) is 0 Å². The summed E-state index contributed by atoms with van der Waals surface area (Å²) in [5, 5.41) is 16.5. The summed E-state index contributed by atoms with van der Waals surface area (Å²) in [4.78, 5) is 57.5. The minimum atomic E-state index is -1.06. The van der Waals surface area contributed by atoms with E-state index in [4.69, 9.17) is 4.74 Å². The summed E-state index contributed by atoms with van der Waals surface area (Å²) in [5.41, 5.74) is 0.133. The Kier molecular flexibility index (Phi) is 6.23. The second-order valence-electron chi connectivity index (χ2n) is 12.3. The topological polar surface area (TPSA) is 132 Å². The number of allylic oxidation sites excluding steroid dienone is 2. The Morgan fingerprint density at radius 3 is 1.97 bits per heavy atom. The molecule has 2 amide bonds. The van der Waals surface area contributed by atoms with Gasteiger partial charge in [-0.25, -0.2) is 0 Å². The molecule has 0 aromatic carbocycles. The van der Waals surface area contributed by atoms with Crippen molar-refractivity contribution in [3.8, 4) is 0 Å². The van der Waals surface area contributed by atoms with E-state index in [1.165, 1.54) is 12.2 Å². The number of morpholine rings is 1. The van der Waals surface area contributed by atoms with E-state index in [-0.39, 0.29) is 54.1 Å². The maximum Gasteiger partial charge on any atom is 0.249 e. The number of carbonyl (C=O) groups is 4. The van der Waals surface area contributed by atoms with Gasteiger partial charge in [0.05, 0.1) is 18.2 Å². The lowest BCUT2D eigenvalue weighted by Crippen LogP contribution is -2.51. The summed E-state index contributed by atoms with van der Waals surface area (Å²) in [5.74, 6) is -0.523. The van der Waals surface area contributed by atoms with Crippen LogP contribution in [-0.2, 0) is 23.9 Å². The largest absolute Gasteiger partial charge is 0.391 e. The fourth-order valence-corrected chi connectivity index (χ4v) is 7.02. The molecule has 39 heavy (non-hydrogen) atoms. The van der Waals surface area contributed by atoms with Crippen molar-refractivity contribution in [3.63, 3.8) is 0 Å². The molecular weight excluding hydrogens is 500 g/mol. The zero-order chi connectivity index (χ0) is 28.8. The molecule has 5 aliphatic heterocycles. The van der Waals surface area contributed by atoms with E-state index >= 15 is 0 Å². The van der Waals surface area contributed by atoms with Gasteiger partial charge in [0.1, 0.15) is 34.9 Å². The number of nitrogens with zero attached hydrogens (tertiary/aromatic N) is 2. The van der Waals surface area contributed by atoms with Gasteiger partial charge in [-0.2, -0.15) is 0 Å². The summed E-state index contributed by atoms with van der Waals surface area (Å²) in [6.45, 7) is 14.6. The molecule has 0 unspecified atom stereocenters. The first-order chi connectivity index (χ1) is 18.1. The molecule has 3 fully saturated rings. The highest BCUT2D eigenvalue weighted by Crippen LogP contribution is 2.55. The van der Waals surface area contributed by atoms with Gasteiger partial charge in [-0.05, 0) is 55.4 Å². The second kappa shape index (κ2) is 8.89. The van der Waals surface area contributed by atoms with Gasteiger partial charge in [0, 0.05) is 36.1 Å². The van der Waals surface area contributed by atoms with Gasteiger partial charge >= 0.3 is 0 Å². The molecular formula is C29H38N4O6. The van der Waals surface area contributed by atoms with Crippen molar-refractivity contribution in [3.05, 3.63) is 46.1 Å². The number of carbonyl (C=O) groups excluding carboxylic acids is 4. The van der Waals surface area contributed by atoms with Crippen LogP contribution in [0, 0.1) is 0 Å². The molecule has 10 heteroatoms. The van der Waals surface area contributed by atoms with Crippen LogP contribution in [0.4, 0.5) is 0 Å². The molecule has 0 aromatic rings. The molecule has 0 aromatic heterocycles. The minimum Gasteiger partial charge on any atom is -0.391 e. The van der Waals surface area contributed by atoms with Gasteiger partial charge in [-0.3, -0.25) is 19.2 Å². The highest BCUT2D eigenvalue weighted by Gasteiger charge is 2.73. The second-order valence-corrected chi connectivity index (χ2v) is 12.3. The molecule has 10 nitrogen and oxygen atoms in total. The van der Waals surface area contributed by atoms with Crippen LogP contribution in [0.1, 0.15) is 68.2 Å². The van der Waals surface area contributed by atoms with Crippen LogP contribution >= 0.6 is 0 Å². The van der Waals surface area contributed by atoms with Gasteiger partial charge in [0.15, 0.2) is 11.6 Å². The molecule has 7 atom stereocenters. The lowest BCUT2D eigenvalue weighted by atomic mass is 9.85. The standard InChI is InChI=1S/C29H38N4O6/c1-13(2)9-20(35)30-26-17(23(37)28(7)12-19(34)15(5)32(26)28)11-18-24(38)29(8)25-22(39-25)16(6)33(29)27(18)31-21(36)10-14(3)4/h9-10,15-16,19,22,25,34H,11-12H2,1-8H3,(H,30,35)(H,31,36)/t15-,16-,19-,22+,25+,28-,29+/m0/s1. The number of aliphatic hydroxyl groups is 1. The molecule has 0 spiro atoms.